The average Bonchev–Trinajstić information content (AvgIpc) is 2.78. The van der Waals surface area contributed by atoms with Crippen molar-refractivity contribution in [1.29, 1.82) is 0 Å². The Bertz CT molecular complexity index is 1120. The third-order valence-electron chi connectivity index (χ3n) is 5.69. The van der Waals surface area contributed by atoms with Gasteiger partial charge in [0, 0.05) is 31.6 Å². The second kappa shape index (κ2) is 10.1. The number of ether oxygens (including phenoxy) is 1. The van der Waals surface area contributed by atoms with Crippen molar-refractivity contribution in [3.63, 3.8) is 0 Å². The van der Waals surface area contributed by atoms with Gasteiger partial charge in [0.2, 0.25) is 0 Å². The molecule has 1 amide bonds. The number of carbonyl (C=O) groups excluding carboxylic acids is 1. The standard InChI is InChI=1S/C25H30N4O3/c1-18-15-28(16-19(2)32-18)14-8-13-26-24(30)23-21-11-6-7-12-22(21)25(31)29(27-23)17-20-9-4-3-5-10-20/h3-7,9-12,18-19H,8,13-17H2,1-2H3,(H,26,30). The number of fused-ring (bicyclic) bond motifs is 1. The molecule has 1 aromatic heterocycles. The minimum Gasteiger partial charge on any atom is -0.373 e. The maximum atomic E-state index is 13.0. The summed E-state index contributed by atoms with van der Waals surface area (Å²) in [5.41, 5.74) is 1.04. The number of nitrogens with zero attached hydrogens (tertiary/aromatic N) is 3. The topological polar surface area (TPSA) is 76.5 Å². The molecule has 0 spiro atoms. The van der Waals surface area contributed by atoms with E-state index >= 15 is 0 Å². The smallest absolute Gasteiger partial charge is 0.274 e. The molecule has 1 aliphatic rings. The number of aromatic nitrogens is 2. The zero-order valence-corrected chi connectivity index (χ0v) is 18.7. The molecule has 3 aromatic rings. The van der Waals surface area contributed by atoms with Crippen LogP contribution in [0.4, 0.5) is 0 Å². The van der Waals surface area contributed by atoms with E-state index in [2.05, 4.69) is 29.2 Å². The second-order valence-corrected chi connectivity index (χ2v) is 8.47. The van der Waals surface area contributed by atoms with Gasteiger partial charge in [0.1, 0.15) is 0 Å². The summed E-state index contributed by atoms with van der Waals surface area (Å²) in [6.45, 7) is 7.77. The highest BCUT2D eigenvalue weighted by Crippen LogP contribution is 2.14. The van der Waals surface area contributed by atoms with Gasteiger partial charge in [-0.3, -0.25) is 14.5 Å². The van der Waals surface area contributed by atoms with Crippen LogP contribution in [0.5, 0.6) is 0 Å². The Balaban J connectivity index is 1.47. The Hall–Kier alpha value is -3.03. The number of nitrogens with one attached hydrogen (secondary N) is 1. The molecule has 0 bridgehead atoms. The lowest BCUT2D eigenvalue weighted by Crippen LogP contribution is -2.46. The van der Waals surface area contributed by atoms with Gasteiger partial charge in [-0.15, -0.1) is 0 Å². The summed E-state index contributed by atoms with van der Waals surface area (Å²) < 4.78 is 7.15. The van der Waals surface area contributed by atoms with E-state index < -0.39 is 0 Å². The zero-order chi connectivity index (χ0) is 22.5. The first-order chi connectivity index (χ1) is 15.5. The third kappa shape index (κ3) is 5.23. The molecular weight excluding hydrogens is 404 g/mol. The number of amides is 1. The molecule has 1 saturated heterocycles. The van der Waals surface area contributed by atoms with Gasteiger partial charge in [0.15, 0.2) is 5.69 Å². The summed E-state index contributed by atoms with van der Waals surface area (Å²) in [7, 11) is 0. The molecule has 2 unspecified atom stereocenters. The van der Waals surface area contributed by atoms with Crippen LogP contribution in [0.25, 0.3) is 10.8 Å². The van der Waals surface area contributed by atoms with Crippen LogP contribution in [0.3, 0.4) is 0 Å². The Morgan fingerprint density at radius 2 is 1.69 bits per heavy atom. The van der Waals surface area contributed by atoms with Crippen molar-refractivity contribution in [3.05, 3.63) is 76.2 Å². The van der Waals surface area contributed by atoms with Gasteiger partial charge in [-0.1, -0.05) is 48.5 Å². The average molecular weight is 435 g/mol. The highest BCUT2D eigenvalue weighted by atomic mass is 16.5. The lowest BCUT2D eigenvalue weighted by Gasteiger charge is -2.35. The first kappa shape index (κ1) is 22.2. The van der Waals surface area contributed by atoms with E-state index in [4.69, 9.17) is 4.74 Å². The molecule has 0 radical (unpaired) electrons. The van der Waals surface area contributed by atoms with Crippen LogP contribution in [0, 0.1) is 0 Å². The fraction of sp³-hybridized carbons (Fsp3) is 0.400. The molecule has 2 atom stereocenters. The quantitative estimate of drug-likeness (QED) is 0.579. The van der Waals surface area contributed by atoms with E-state index in [1.54, 1.807) is 12.1 Å². The normalized spacial score (nSPS) is 19.2. The summed E-state index contributed by atoms with van der Waals surface area (Å²) in [6, 6.07) is 16.8. The number of rotatable bonds is 7. The molecule has 4 rings (SSSR count). The Morgan fingerprint density at radius 3 is 2.41 bits per heavy atom. The van der Waals surface area contributed by atoms with Gasteiger partial charge < -0.3 is 10.1 Å². The lowest BCUT2D eigenvalue weighted by molar-refractivity contribution is -0.0680. The van der Waals surface area contributed by atoms with Gasteiger partial charge in [-0.05, 0) is 31.9 Å². The third-order valence-corrected chi connectivity index (χ3v) is 5.69. The van der Waals surface area contributed by atoms with E-state index in [-0.39, 0.29) is 29.4 Å². The van der Waals surface area contributed by atoms with Gasteiger partial charge in [0.25, 0.3) is 11.5 Å². The minimum absolute atomic E-state index is 0.198. The van der Waals surface area contributed by atoms with Gasteiger partial charge in [0.05, 0.1) is 24.1 Å². The molecule has 1 aliphatic heterocycles. The van der Waals surface area contributed by atoms with Crippen molar-refractivity contribution in [1.82, 2.24) is 20.0 Å². The highest BCUT2D eigenvalue weighted by Gasteiger charge is 2.22. The van der Waals surface area contributed by atoms with E-state index in [1.807, 2.05) is 42.5 Å². The molecular formula is C25H30N4O3. The van der Waals surface area contributed by atoms with Gasteiger partial charge in [-0.25, -0.2) is 4.68 Å². The van der Waals surface area contributed by atoms with Crippen LogP contribution < -0.4 is 10.9 Å². The first-order valence-electron chi connectivity index (χ1n) is 11.2. The Morgan fingerprint density at radius 1 is 1.03 bits per heavy atom. The van der Waals surface area contributed by atoms with Crippen LogP contribution in [0.2, 0.25) is 0 Å². The highest BCUT2D eigenvalue weighted by molar-refractivity contribution is 6.04. The fourth-order valence-electron chi connectivity index (χ4n) is 4.32. The molecule has 0 aliphatic carbocycles. The predicted octanol–water partition coefficient (Wildman–Crippen LogP) is 2.67. The van der Waals surface area contributed by atoms with Crippen molar-refractivity contribution in [2.45, 2.75) is 39.0 Å². The molecule has 32 heavy (non-hydrogen) atoms. The van der Waals surface area contributed by atoms with E-state index in [1.165, 1.54) is 4.68 Å². The summed E-state index contributed by atoms with van der Waals surface area (Å²) in [5.74, 6) is -0.258. The van der Waals surface area contributed by atoms with Crippen molar-refractivity contribution in [2.75, 3.05) is 26.2 Å². The minimum atomic E-state index is -0.258. The number of benzene rings is 2. The molecule has 1 fully saturated rings. The van der Waals surface area contributed by atoms with Crippen molar-refractivity contribution < 1.29 is 9.53 Å². The maximum Gasteiger partial charge on any atom is 0.274 e. The molecule has 7 nitrogen and oxygen atoms in total. The number of morpholine rings is 1. The Labute approximate surface area is 188 Å². The summed E-state index contributed by atoms with van der Waals surface area (Å²) in [5, 5.41) is 8.52. The number of hydrogen-bond acceptors (Lipinski definition) is 5. The van der Waals surface area contributed by atoms with Crippen molar-refractivity contribution >= 4 is 16.7 Å². The summed E-state index contributed by atoms with van der Waals surface area (Å²) in [4.78, 5) is 28.3. The lowest BCUT2D eigenvalue weighted by atomic mass is 10.1. The van der Waals surface area contributed by atoms with E-state index in [0.29, 0.717) is 23.9 Å². The van der Waals surface area contributed by atoms with Crippen LogP contribution >= 0.6 is 0 Å². The Kier molecular flexibility index (Phi) is 6.97. The van der Waals surface area contributed by atoms with Crippen LogP contribution in [0.15, 0.2) is 59.4 Å². The second-order valence-electron chi connectivity index (χ2n) is 8.47. The molecule has 0 saturated carbocycles. The monoisotopic (exact) mass is 434 g/mol. The van der Waals surface area contributed by atoms with Crippen molar-refractivity contribution in [3.8, 4) is 0 Å². The summed E-state index contributed by atoms with van der Waals surface area (Å²) >= 11 is 0. The maximum absolute atomic E-state index is 13.0. The molecule has 1 N–H and O–H groups in total. The molecule has 2 heterocycles. The number of carbonyl (C=O) groups is 1. The molecule has 2 aromatic carbocycles. The predicted molar refractivity (Wildman–Crippen MR) is 125 cm³/mol. The molecule has 7 heteroatoms. The summed E-state index contributed by atoms with van der Waals surface area (Å²) in [6.07, 6.45) is 1.30. The van der Waals surface area contributed by atoms with Gasteiger partial charge in [-0.2, -0.15) is 5.10 Å². The van der Waals surface area contributed by atoms with Gasteiger partial charge >= 0.3 is 0 Å². The molecule has 168 valence electrons. The van der Waals surface area contributed by atoms with Crippen LogP contribution in [0.1, 0.15) is 36.3 Å². The number of hydrogen-bond donors (Lipinski definition) is 1. The fourth-order valence-corrected chi connectivity index (χ4v) is 4.32. The van der Waals surface area contributed by atoms with E-state index in [9.17, 15) is 9.59 Å². The van der Waals surface area contributed by atoms with Crippen LogP contribution in [-0.4, -0.2) is 59.0 Å². The SMILES string of the molecule is CC1CN(CCCNC(=O)c2nn(Cc3ccccc3)c(=O)c3ccccc23)CC(C)O1. The first-order valence-corrected chi connectivity index (χ1v) is 11.2. The van der Waals surface area contributed by atoms with E-state index in [0.717, 1.165) is 31.6 Å². The van der Waals surface area contributed by atoms with Crippen LogP contribution in [-0.2, 0) is 11.3 Å². The zero-order valence-electron chi connectivity index (χ0n) is 18.7. The van der Waals surface area contributed by atoms with Crippen molar-refractivity contribution in [2.24, 2.45) is 0 Å². The largest absolute Gasteiger partial charge is 0.373 e.